The van der Waals surface area contributed by atoms with Gasteiger partial charge in [-0.25, -0.2) is 9.97 Å². The smallest absolute Gasteiger partial charge is 0.278 e. The van der Waals surface area contributed by atoms with Gasteiger partial charge in [-0.15, -0.1) is 11.6 Å². The number of aromatic nitrogens is 4. The van der Waals surface area contributed by atoms with E-state index >= 15 is 0 Å². The number of rotatable bonds is 2. The third-order valence-corrected chi connectivity index (χ3v) is 3.43. The Bertz CT molecular complexity index is 656. The van der Waals surface area contributed by atoms with Gasteiger partial charge in [-0.2, -0.15) is 0 Å². The highest BCUT2D eigenvalue weighted by Crippen LogP contribution is 2.31. The molecule has 1 aliphatic rings. The van der Waals surface area contributed by atoms with E-state index in [-0.39, 0.29) is 22.6 Å². The Labute approximate surface area is 111 Å². The normalized spacial score (nSPS) is 31.1. The molecule has 1 saturated heterocycles. The van der Waals surface area contributed by atoms with Gasteiger partial charge in [0.1, 0.15) is 18.3 Å². The number of aliphatic hydroxyl groups is 2. The highest BCUT2D eigenvalue weighted by atomic mass is 35.5. The van der Waals surface area contributed by atoms with Crippen molar-refractivity contribution in [2.75, 3.05) is 5.88 Å². The van der Waals surface area contributed by atoms with Gasteiger partial charge in [0.15, 0.2) is 17.4 Å². The van der Waals surface area contributed by atoms with Gasteiger partial charge in [-0.05, 0) is 0 Å². The molecule has 0 spiro atoms. The second-order valence-electron chi connectivity index (χ2n) is 4.26. The molecule has 9 heteroatoms. The van der Waals surface area contributed by atoms with Crippen LogP contribution in [0.15, 0.2) is 17.4 Å². The fourth-order valence-corrected chi connectivity index (χ4v) is 2.39. The van der Waals surface area contributed by atoms with Crippen molar-refractivity contribution >= 4 is 22.8 Å². The van der Waals surface area contributed by atoms with Crippen LogP contribution < -0.4 is 5.56 Å². The van der Waals surface area contributed by atoms with Gasteiger partial charge in [0.25, 0.3) is 5.56 Å². The summed E-state index contributed by atoms with van der Waals surface area (Å²) < 4.78 is 6.87. The number of nitrogens with zero attached hydrogens (tertiary/aromatic N) is 3. The SMILES string of the molecule is O=c1[nH]cnc2c1ncn2[C@H]1O[C@H](CCl)[C@@H](O)[C@H]1O. The number of fused-ring (bicyclic) bond motifs is 1. The number of hydrogen-bond donors (Lipinski definition) is 3. The van der Waals surface area contributed by atoms with Crippen LogP contribution in [0.4, 0.5) is 0 Å². The van der Waals surface area contributed by atoms with E-state index in [4.69, 9.17) is 16.3 Å². The maximum Gasteiger partial charge on any atom is 0.278 e. The Morgan fingerprint density at radius 1 is 1.42 bits per heavy atom. The number of ether oxygens (including phenoxy) is 1. The molecule has 0 aromatic carbocycles. The van der Waals surface area contributed by atoms with Crippen molar-refractivity contribution < 1.29 is 14.9 Å². The Morgan fingerprint density at radius 3 is 2.89 bits per heavy atom. The van der Waals surface area contributed by atoms with Gasteiger partial charge < -0.3 is 19.9 Å². The van der Waals surface area contributed by atoms with Crippen molar-refractivity contribution in [1.82, 2.24) is 19.5 Å². The summed E-state index contributed by atoms with van der Waals surface area (Å²) in [5.74, 6) is 0.0510. The van der Waals surface area contributed by atoms with E-state index in [1.165, 1.54) is 17.2 Å². The van der Waals surface area contributed by atoms with E-state index in [9.17, 15) is 15.0 Å². The lowest BCUT2D eigenvalue weighted by Crippen LogP contribution is -2.32. The topological polar surface area (TPSA) is 113 Å². The summed E-state index contributed by atoms with van der Waals surface area (Å²) in [7, 11) is 0. The van der Waals surface area contributed by atoms with E-state index < -0.39 is 24.5 Å². The molecule has 1 fully saturated rings. The number of imidazole rings is 1. The molecule has 0 aliphatic carbocycles. The highest BCUT2D eigenvalue weighted by Gasteiger charge is 2.43. The summed E-state index contributed by atoms with van der Waals surface area (Å²) in [5, 5.41) is 19.7. The lowest BCUT2D eigenvalue weighted by atomic mass is 10.1. The van der Waals surface area contributed by atoms with Crippen LogP contribution in [0.5, 0.6) is 0 Å². The molecule has 4 atom stereocenters. The van der Waals surface area contributed by atoms with Crippen LogP contribution in [-0.2, 0) is 4.74 Å². The highest BCUT2D eigenvalue weighted by molar-refractivity contribution is 6.18. The maximum absolute atomic E-state index is 11.5. The Kier molecular flexibility index (Phi) is 3.02. The van der Waals surface area contributed by atoms with Crippen molar-refractivity contribution in [3.8, 4) is 0 Å². The number of nitrogens with one attached hydrogen (secondary N) is 1. The zero-order valence-corrected chi connectivity index (χ0v) is 10.4. The molecule has 3 rings (SSSR count). The minimum Gasteiger partial charge on any atom is -0.387 e. The molecule has 8 nitrogen and oxygen atoms in total. The van der Waals surface area contributed by atoms with E-state index in [2.05, 4.69) is 15.0 Å². The van der Waals surface area contributed by atoms with Gasteiger partial charge in [-0.1, -0.05) is 0 Å². The summed E-state index contributed by atoms with van der Waals surface area (Å²) >= 11 is 5.65. The average Bonchev–Trinajstić information content (AvgIpc) is 2.94. The maximum atomic E-state index is 11.5. The van der Waals surface area contributed by atoms with Gasteiger partial charge in [-0.3, -0.25) is 9.36 Å². The third kappa shape index (κ3) is 1.84. The van der Waals surface area contributed by atoms with Crippen LogP contribution in [0.3, 0.4) is 0 Å². The molecule has 3 heterocycles. The monoisotopic (exact) mass is 286 g/mol. The number of alkyl halides is 1. The zero-order valence-electron chi connectivity index (χ0n) is 9.60. The van der Waals surface area contributed by atoms with Crippen molar-refractivity contribution in [2.45, 2.75) is 24.5 Å². The number of aliphatic hydroxyl groups excluding tert-OH is 2. The molecule has 0 bridgehead atoms. The van der Waals surface area contributed by atoms with Crippen LogP contribution in [0.2, 0.25) is 0 Å². The first-order chi connectivity index (χ1) is 9.13. The summed E-state index contributed by atoms with van der Waals surface area (Å²) in [4.78, 5) is 21.9. The van der Waals surface area contributed by atoms with E-state index in [1.807, 2.05) is 0 Å². The van der Waals surface area contributed by atoms with Crippen molar-refractivity contribution in [3.63, 3.8) is 0 Å². The Hall–Kier alpha value is -1.48. The minimum absolute atomic E-state index is 0.0510. The largest absolute Gasteiger partial charge is 0.387 e. The van der Waals surface area contributed by atoms with E-state index in [0.717, 1.165) is 0 Å². The molecule has 102 valence electrons. The molecule has 2 aromatic heterocycles. The van der Waals surface area contributed by atoms with Gasteiger partial charge in [0.05, 0.1) is 18.5 Å². The fourth-order valence-electron chi connectivity index (χ4n) is 2.14. The summed E-state index contributed by atoms with van der Waals surface area (Å²) in [6.45, 7) is 0. The Balaban J connectivity index is 2.06. The number of H-pyrrole nitrogens is 1. The van der Waals surface area contributed by atoms with Crippen LogP contribution in [0.25, 0.3) is 11.2 Å². The fraction of sp³-hybridized carbons (Fsp3) is 0.500. The van der Waals surface area contributed by atoms with Crippen molar-refractivity contribution in [3.05, 3.63) is 23.0 Å². The second-order valence-corrected chi connectivity index (χ2v) is 4.56. The van der Waals surface area contributed by atoms with E-state index in [0.29, 0.717) is 0 Å². The first-order valence-corrected chi connectivity index (χ1v) is 6.14. The second kappa shape index (κ2) is 4.57. The molecule has 0 radical (unpaired) electrons. The molecule has 2 aromatic rings. The number of aromatic amines is 1. The predicted molar refractivity (Wildman–Crippen MR) is 64.8 cm³/mol. The van der Waals surface area contributed by atoms with Crippen LogP contribution >= 0.6 is 11.6 Å². The van der Waals surface area contributed by atoms with Crippen molar-refractivity contribution in [1.29, 1.82) is 0 Å². The molecular formula is C10H11ClN4O4. The quantitative estimate of drug-likeness (QED) is 0.609. The van der Waals surface area contributed by atoms with Crippen molar-refractivity contribution in [2.24, 2.45) is 0 Å². The lowest BCUT2D eigenvalue weighted by molar-refractivity contribution is -0.0291. The van der Waals surface area contributed by atoms with Gasteiger partial charge in [0, 0.05) is 0 Å². The molecule has 0 saturated carbocycles. The molecular weight excluding hydrogens is 276 g/mol. The van der Waals surface area contributed by atoms with Gasteiger partial charge >= 0.3 is 0 Å². The summed E-state index contributed by atoms with van der Waals surface area (Å²) in [6.07, 6.45) is -1.24. The van der Waals surface area contributed by atoms with Crippen LogP contribution in [0.1, 0.15) is 6.23 Å². The number of hydrogen-bond acceptors (Lipinski definition) is 6. The van der Waals surface area contributed by atoms with Crippen LogP contribution in [0, 0.1) is 0 Å². The van der Waals surface area contributed by atoms with Crippen LogP contribution in [-0.4, -0.2) is 53.9 Å². The van der Waals surface area contributed by atoms with Gasteiger partial charge in [0.2, 0.25) is 0 Å². The standard InChI is InChI=1S/C10H11ClN4O4/c11-1-4-6(16)7(17)10(19-4)15-3-14-5-8(15)12-2-13-9(5)18/h2-4,6-7,10,16-17H,1H2,(H,12,13,18)/t4-,6-,7-,10+/m1/s1. The summed E-state index contributed by atoms with van der Waals surface area (Å²) in [5.41, 5.74) is 0.0306. The molecule has 19 heavy (non-hydrogen) atoms. The molecule has 1 aliphatic heterocycles. The zero-order chi connectivity index (χ0) is 13.6. The molecule has 0 unspecified atom stereocenters. The van der Waals surface area contributed by atoms with E-state index in [1.54, 1.807) is 0 Å². The lowest BCUT2D eigenvalue weighted by Gasteiger charge is -2.16. The average molecular weight is 287 g/mol. The molecule has 0 amide bonds. The predicted octanol–water partition coefficient (Wildman–Crippen LogP) is -1.02. The minimum atomic E-state index is -1.16. The first kappa shape index (κ1) is 12.5. The third-order valence-electron chi connectivity index (χ3n) is 3.13. The Morgan fingerprint density at radius 2 is 2.21 bits per heavy atom. The number of halogens is 1. The molecule has 3 N–H and O–H groups in total. The summed E-state index contributed by atoms with van der Waals surface area (Å²) in [6, 6.07) is 0. The first-order valence-electron chi connectivity index (χ1n) is 5.61.